The van der Waals surface area contributed by atoms with Crippen LogP contribution in [0, 0.1) is 12.3 Å². The van der Waals surface area contributed by atoms with Gasteiger partial charge >= 0.3 is 21.3 Å². The fraction of sp³-hybridized carbons (Fsp3) is 0.538. The molecule has 0 radical (unpaired) electrons. The number of phosphoric acid groups is 2. The molecule has 14 nitrogen and oxygen atoms in total. The summed E-state index contributed by atoms with van der Waals surface area (Å²) in [5.74, 6) is 2.11. The van der Waals surface area contributed by atoms with Crippen LogP contribution in [0.3, 0.4) is 0 Å². The number of aromatic amines is 1. The van der Waals surface area contributed by atoms with Gasteiger partial charge in [-0.2, -0.15) is 4.31 Å². The van der Waals surface area contributed by atoms with E-state index in [0.717, 1.165) is 16.8 Å². The molecule has 1 saturated heterocycles. The van der Waals surface area contributed by atoms with E-state index in [-0.39, 0.29) is 6.42 Å². The monoisotopic (exact) mass is 456 g/mol. The molecule has 16 heteroatoms. The number of terminal acetylenes is 1. The van der Waals surface area contributed by atoms with Crippen LogP contribution in [0.2, 0.25) is 0 Å². The predicted octanol–water partition coefficient (Wildman–Crippen LogP) is -1.57. The number of nitrogens with zero attached hydrogens (tertiary/aromatic N) is 1. The highest BCUT2D eigenvalue weighted by Crippen LogP contribution is 2.60. The zero-order chi connectivity index (χ0) is 21.8. The van der Waals surface area contributed by atoms with Gasteiger partial charge in [0.05, 0.1) is 13.2 Å². The van der Waals surface area contributed by atoms with Gasteiger partial charge in [-0.05, 0) is 0 Å². The number of hydrogen-bond acceptors (Lipinski definition) is 10. The van der Waals surface area contributed by atoms with Gasteiger partial charge in [0.15, 0.2) is 6.23 Å². The molecule has 2 unspecified atom stereocenters. The molecule has 5 N–H and O–H groups in total. The molecule has 2 rings (SSSR count). The number of nitrogens with one attached hydrogen (secondary N) is 1. The van der Waals surface area contributed by atoms with Gasteiger partial charge in [0, 0.05) is 18.7 Å². The first-order valence-corrected chi connectivity index (χ1v) is 10.9. The smallest absolute Gasteiger partial charge is 0.387 e. The number of aromatic nitrogens is 2. The molecular formula is C13H18N2O12P2. The van der Waals surface area contributed by atoms with Gasteiger partial charge in [-0.15, -0.1) is 12.3 Å². The van der Waals surface area contributed by atoms with Crippen molar-refractivity contribution in [2.75, 3.05) is 13.2 Å². The zero-order valence-electron chi connectivity index (χ0n) is 14.6. The van der Waals surface area contributed by atoms with Crippen molar-refractivity contribution in [1.29, 1.82) is 0 Å². The van der Waals surface area contributed by atoms with Gasteiger partial charge in [0.2, 0.25) is 0 Å². The van der Waals surface area contributed by atoms with Crippen molar-refractivity contribution in [2.45, 2.75) is 31.0 Å². The van der Waals surface area contributed by atoms with Crippen LogP contribution in [0.4, 0.5) is 0 Å². The number of aliphatic hydroxyl groups is 2. The quantitative estimate of drug-likeness (QED) is 0.162. The topological polar surface area (TPSA) is 207 Å². The summed E-state index contributed by atoms with van der Waals surface area (Å²) in [5, 5.41) is 20.1. The van der Waals surface area contributed by atoms with Crippen molar-refractivity contribution >= 4 is 15.6 Å². The molecule has 1 aliphatic rings. The molecule has 0 spiro atoms. The summed E-state index contributed by atoms with van der Waals surface area (Å²) in [4.78, 5) is 43.7. The Hall–Kier alpha value is -1.62. The Morgan fingerprint density at radius 3 is 2.48 bits per heavy atom. The molecule has 0 bridgehead atoms. The molecule has 1 aliphatic heterocycles. The lowest BCUT2D eigenvalue weighted by atomic mass is 10.1. The highest BCUT2D eigenvalue weighted by atomic mass is 31.3. The van der Waals surface area contributed by atoms with Gasteiger partial charge in [-0.1, -0.05) is 0 Å². The number of hydrogen-bond donors (Lipinski definition) is 5. The van der Waals surface area contributed by atoms with Gasteiger partial charge in [0.25, 0.3) is 5.56 Å². The van der Waals surface area contributed by atoms with Crippen LogP contribution in [0.5, 0.6) is 0 Å². The molecular weight excluding hydrogens is 438 g/mol. The molecule has 29 heavy (non-hydrogen) atoms. The van der Waals surface area contributed by atoms with E-state index in [1.54, 1.807) is 0 Å². The highest BCUT2D eigenvalue weighted by Gasteiger charge is 2.46. The maximum atomic E-state index is 11.8. The van der Waals surface area contributed by atoms with Crippen LogP contribution in [0.25, 0.3) is 0 Å². The van der Waals surface area contributed by atoms with E-state index in [1.807, 2.05) is 4.98 Å². The van der Waals surface area contributed by atoms with Crippen LogP contribution in [-0.4, -0.2) is 61.1 Å². The second-order valence-corrected chi connectivity index (χ2v) is 8.71. The number of ether oxygens (including phenoxy) is 1. The largest absolute Gasteiger partial charge is 0.481 e. The van der Waals surface area contributed by atoms with Gasteiger partial charge in [-0.3, -0.25) is 23.4 Å². The average molecular weight is 456 g/mol. The number of aliphatic hydroxyl groups excluding tert-OH is 2. The van der Waals surface area contributed by atoms with E-state index >= 15 is 0 Å². The Kier molecular flexibility index (Phi) is 7.72. The summed E-state index contributed by atoms with van der Waals surface area (Å²) < 4.78 is 42.3. The minimum atomic E-state index is -5.15. The molecule has 0 aromatic carbocycles. The third kappa shape index (κ3) is 6.43. The highest BCUT2D eigenvalue weighted by molar-refractivity contribution is 7.61. The Morgan fingerprint density at radius 1 is 1.21 bits per heavy atom. The predicted molar refractivity (Wildman–Crippen MR) is 93.3 cm³/mol. The first-order chi connectivity index (χ1) is 13.5. The molecule has 0 amide bonds. The Morgan fingerprint density at radius 2 is 1.86 bits per heavy atom. The van der Waals surface area contributed by atoms with E-state index in [2.05, 4.69) is 19.3 Å². The molecule has 0 aliphatic carbocycles. The number of H-pyrrole nitrogens is 1. The Balaban J connectivity index is 2.00. The zero-order valence-corrected chi connectivity index (χ0v) is 16.3. The van der Waals surface area contributed by atoms with Crippen LogP contribution in [0.15, 0.2) is 21.9 Å². The van der Waals surface area contributed by atoms with Crippen molar-refractivity contribution in [3.63, 3.8) is 0 Å². The van der Waals surface area contributed by atoms with Gasteiger partial charge in [0.1, 0.15) is 18.3 Å². The average Bonchev–Trinajstić information content (AvgIpc) is 2.87. The maximum Gasteiger partial charge on any atom is 0.481 e. The van der Waals surface area contributed by atoms with E-state index < -0.39 is 64.6 Å². The molecule has 6 atom stereocenters. The standard InChI is InChI=1S/C13H18N2O12P2/c1-2-3-6-24-28(20,21)27-29(22,23)25-7-8-10(17)11(18)12(26-8)15-5-4-9(16)14-13(15)19/h1,4-5,8,10-12,17-18H,3,6-7H2,(H,20,21)(H,22,23)(H,14,16,19)/t8-,10-,11-,12-/m1/s1. The molecule has 0 saturated carbocycles. The second kappa shape index (κ2) is 9.46. The van der Waals surface area contributed by atoms with E-state index in [9.17, 15) is 38.7 Å². The summed E-state index contributed by atoms with van der Waals surface area (Å²) in [5.41, 5.74) is -1.63. The van der Waals surface area contributed by atoms with Crippen molar-refractivity contribution in [2.24, 2.45) is 0 Å². The summed E-state index contributed by atoms with van der Waals surface area (Å²) in [7, 11) is -10.1. The van der Waals surface area contributed by atoms with Crippen LogP contribution >= 0.6 is 15.6 Å². The summed E-state index contributed by atoms with van der Waals surface area (Å²) in [6.45, 7) is -1.29. The van der Waals surface area contributed by atoms with Crippen LogP contribution in [0.1, 0.15) is 12.6 Å². The maximum absolute atomic E-state index is 11.8. The first-order valence-electron chi connectivity index (χ1n) is 7.88. The summed E-state index contributed by atoms with van der Waals surface area (Å²) >= 11 is 0. The minimum absolute atomic E-state index is 0.0595. The lowest BCUT2D eigenvalue weighted by Gasteiger charge is -2.19. The molecule has 162 valence electrons. The van der Waals surface area contributed by atoms with E-state index in [4.69, 9.17) is 11.2 Å². The number of phosphoric ester groups is 2. The van der Waals surface area contributed by atoms with Gasteiger partial charge in [-0.25, -0.2) is 13.9 Å². The second-order valence-electron chi connectivity index (χ2n) is 5.67. The van der Waals surface area contributed by atoms with Crippen molar-refractivity contribution in [3.05, 3.63) is 33.1 Å². The fourth-order valence-electron chi connectivity index (χ4n) is 2.29. The molecule has 1 aromatic rings. The molecule has 2 heterocycles. The van der Waals surface area contributed by atoms with Crippen molar-refractivity contribution < 1.29 is 47.2 Å². The Labute approximate surface area is 162 Å². The third-order valence-electron chi connectivity index (χ3n) is 3.57. The first kappa shape index (κ1) is 23.7. The van der Waals surface area contributed by atoms with E-state index in [0.29, 0.717) is 0 Å². The van der Waals surface area contributed by atoms with Crippen molar-refractivity contribution in [3.8, 4) is 12.3 Å². The Bertz CT molecular complexity index is 968. The minimum Gasteiger partial charge on any atom is -0.387 e. The SMILES string of the molecule is C#CCCOP(=O)(O)OP(=O)(O)OC[C@H]1O[C@@H](n2ccc(=O)[nH]c2=O)[C@H](O)[C@@H]1O. The lowest BCUT2D eigenvalue weighted by Crippen LogP contribution is -2.37. The number of rotatable bonds is 9. The molecule has 1 fully saturated rings. The lowest BCUT2D eigenvalue weighted by molar-refractivity contribution is -0.0543. The van der Waals surface area contributed by atoms with Crippen LogP contribution in [-0.2, 0) is 27.2 Å². The van der Waals surface area contributed by atoms with Crippen molar-refractivity contribution in [1.82, 2.24) is 9.55 Å². The third-order valence-corrected chi connectivity index (χ3v) is 6.21. The van der Waals surface area contributed by atoms with E-state index in [1.165, 1.54) is 0 Å². The summed E-state index contributed by atoms with van der Waals surface area (Å²) in [6, 6.07) is 0.975. The van der Waals surface area contributed by atoms with Crippen LogP contribution < -0.4 is 11.2 Å². The fourth-order valence-corrected chi connectivity index (χ4v) is 4.37. The van der Waals surface area contributed by atoms with Gasteiger partial charge < -0.3 is 24.7 Å². The normalized spacial score (nSPS) is 28.4. The summed E-state index contributed by atoms with van der Waals surface area (Å²) in [6.07, 6.45) is -0.333. The molecule has 1 aromatic heterocycles.